The highest BCUT2D eigenvalue weighted by Crippen LogP contribution is 2.13. The molecule has 9 heteroatoms. The van der Waals surface area contributed by atoms with Crippen LogP contribution in [0.3, 0.4) is 0 Å². The summed E-state index contributed by atoms with van der Waals surface area (Å²) in [6.07, 6.45) is 4.31. The molecule has 0 saturated carbocycles. The Hall–Kier alpha value is -4.01. The van der Waals surface area contributed by atoms with E-state index in [4.69, 9.17) is 0 Å². The van der Waals surface area contributed by atoms with Crippen LogP contribution in [0.4, 0.5) is 4.39 Å². The molecule has 0 aliphatic carbocycles. The van der Waals surface area contributed by atoms with Crippen molar-refractivity contribution in [2.45, 2.75) is 0 Å². The average Bonchev–Trinajstić information content (AvgIpc) is 3.35. The number of halogens is 1. The lowest BCUT2D eigenvalue weighted by molar-refractivity contribution is 0.0843. The minimum absolute atomic E-state index is 0.186. The van der Waals surface area contributed by atoms with Crippen molar-refractivity contribution in [2.75, 3.05) is 0 Å². The Balaban J connectivity index is 1.47. The summed E-state index contributed by atoms with van der Waals surface area (Å²) in [7, 11) is 0. The lowest BCUT2D eigenvalue weighted by Gasteiger charge is -2.10. The van der Waals surface area contributed by atoms with Gasteiger partial charge in [-0.15, -0.1) is 0 Å². The van der Waals surface area contributed by atoms with Crippen LogP contribution in [0, 0.1) is 5.82 Å². The van der Waals surface area contributed by atoms with Crippen molar-refractivity contribution in [1.29, 1.82) is 0 Å². The van der Waals surface area contributed by atoms with Crippen LogP contribution in [0.25, 0.3) is 16.7 Å². The molecule has 0 aliphatic heterocycles. The maximum Gasteiger partial charge on any atom is 0.288 e. The van der Waals surface area contributed by atoms with Crippen molar-refractivity contribution in [3.8, 4) is 5.69 Å². The molecule has 2 heterocycles. The first-order valence-electron chi connectivity index (χ1n) is 7.94. The molecular weight excluding hydrogens is 351 g/mol. The number of fused-ring (bicyclic) bond motifs is 1. The van der Waals surface area contributed by atoms with Gasteiger partial charge in [0.25, 0.3) is 11.8 Å². The molecule has 4 rings (SSSR count). The molecule has 2 aromatic carbocycles. The fraction of sp³-hybridized carbons (Fsp3) is 0. The normalized spacial score (nSPS) is 10.7. The first kappa shape index (κ1) is 16.5. The number of H-pyrrole nitrogens is 1. The number of hydrogen-bond donors (Lipinski definition) is 3. The van der Waals surface area contributed by atoms with E-state index in [1.54, 1.807) is 18.2 Å². The van der Waals surface area contributed by atoms with Crippen LogP contribution in [0.2, 0.25) is 0 Å². The van der Waals surface area contributed by atoms with Gasteiger partial charge in [0.15, 0.2) is 0 Å². The van der Waals surface area contributed by atoms with Crippen LogP contribution < -0.4 is 10.9 Å². The van der Waals surface area contributed by atoms with Crippen LogP contribution in [-0.4, -0.2) is 31.3 Å². The number of nitrogens with zero attached hydrogens (tertiary/aromatic N) is 3. The smallest absolute Gasteiger partial charge is 0.288 e. The molecule has 0 spiro atoms. The van der Waals surface area contributed by atoms with E-state index in [0.717, 1.165) is 5.52 Å². The highest BCUT2D eigenvalue weighted by molar-refractivity contribution is 6.00. The number of aromatic amines is 1. The van der Waals surface area contributed by atoms with E-state index >= 15 is 0 Å². The van der Waals surface area contributed by atoms with Gasteiger partial charge in [-0.3, -0.25) is 25.0 Å². The van der Waals surface area contributed by atoms with E-state index in [1.807, 2.05) is 0 Å². The van der Waals surface area contributed by atoms with Crippen LogP contribution in [0.1, 0.15) is 20.8 Å². The highest BCUT2D eigenvalue weighted by atomic mass is 19.1. The lowest BCUT2D eigenvalue weighted by atomic mass is 10.2. The third-order valence-electron chi connectivity index (χ3n) is 3.95. The minimum Gasteiger partial charge on any atom is -0.345 e. The monoisotopic (exact) mass is 364 g/mol. The van der Waals surface area contributed by atoms with Crippen molar-refractivity contribution < 1.29 is 14.0 Å². The first-order chi connectivity index (χ1) is 13.1. The third kappa shape index (κ3) is 3.25. The number of nitrogens with one attached hydrogen (secondary N) is 3. The molecule has 0 saturated heterocycles. The Bertz CT molecular complexity index is 1130. The zero-order valence-corrected chi connectivity index (χ0v) is 13.8. The highest BCUT2D eigenvalue weighted by Gasteiger charge is 2.15. The van der Waals surface area contributed by atoms with Gasteiger partial charge in [0, 0.05) is 11.3 Å². The zero-order valence-electron chi connectivity index (χ0n) is 13.8. The summed E-state index contributed by atoms with van der Waals surface area (Å²) in [6, 6.07) is 10.5. The fourth-order valence-electron chi connectivity index (χ4n) is 2.60. The zero-order chi connectivity index (χ0) is 18.8. The second-order valence-electron chi connectivity index (χ2n) is 5.67. The Morgan fingerprint density at radius 3 is 2.63 bits per heavy atom. The number of aromatic nitrogens is 4. The van der Waals surface area contributed by atoms with Crippen LogP contribution in [0.15, 0.2) is 61.3 Å². The SMILES string of the molecule is O=C(NNC(=O)c1cncn1-c1ccc(F)cc1)c1ccc2nc[nH]c2c1. The van der Waals surface area contributed by atoms with Crippen LogP contribution >= 0.6 is 0 Å². The van der Waals surface area contributed by atoms with Crippen molar-refractivity contribution in [2.24, 2.45) is 0 Å². The largest absolute Gasteiger partial charge is 0.345 e. The van der Waals surface area contributed by atoms with Gasteiger partial charge >= 0.3 is 0 Å². The summed E-state index contributed by atoms with van der Waals surface area (Å²) in [4.78, 5) is 35.6. The summed E-state index contributed by atoms with van der Waals surface area (Å²) in [5.41, 5.74) is 7.26. The second-order valence-corrected chi connectivity index (χ2v) is 5.67. The first-order valence-corrected chi connectivity index (χ1v) is 7.94. The molecular formula is C18H13FN6O2. The van der Waals surface area contributed by atoms with Crippen molar-refractivity contribution in [3.63, 3.8) is 0 Å². The number of carbonyl (C=O) groups excluding carboxylic acids is 2. The molecule has 0 aliphatic rings. The van der Waals surface area contributed by atoms with E-state index in [0.29, 0.717) is 16.8 Å². The Labute approximate surface area is 152 Å². The standard InChI is InChI=1S/C18H13FN6O2/c19-12-2-4-13(5-3-12)25-10-20-8-16(25)18(27)24-23-17(26)11-1-6-14-15(7-11)22-9-21-14/h1-10H,(H,21,22)(H,23,26)(H,24,27). The number of carbonyl (C=O) groups is 2. The second kappa shape index (κ2) is 6.71. The molecule has 0 fully saturated rings. The van der Waals surface area contributed by atoms with Crippen molar-refractivity contribution in [1.82, 2.24) is 30.4 Å². The number of hydrazine groups is 1. The predicted octanol–water partition coefficient (Wildman–Crippen LogP) is 1.96. The summed E-state index contributed by atoms with van der Waals surface area (Å²) in [5.74, 6) is -1.42. The molecule has 134 valence electrons. The maximum absolute atomic E-state index is 13.1. The molecule has 0 radical (unpaired) electrons. The Morgan fingerprint density at radius 2 is 1.81 bits per heavy atom. The third-order valence-corrected chi connectivity index (χ3v) is 3.95. The molecule has 2 amide bonds. The van der Waals surface area contributed by atoms with Gasteiger partial charge < -0.3 is 4.98 Å². The van der Waals surface area contributed by atoms with Crippen molar-refractivity contribution in [3.05, 3.63) is 78.4 Å². The number of amides is 2. The molecule has 0 bridgehead atoms. The molecule has 27 heavy (non-hydrogen) atoms. The van der Waals surface area contributed by atoms with E-state index in [9.17, 15) is 14.0 Å². The molecule has 3 N–H and O–H groups in total. The molecule has 8 nitrogen and oxygen atoms in total. The van der Waals surface area contributed by atoms with Gasteiger partial charge in [-0.25, -0.2) is 14.4 Å². The molecule has 4 aromatic rings. The van der Waals surface area contributed by atoms with Gasteiger partial charge in [-0.1, -0.05) is 0 Å². The van der Waals surface area contributed by atoms with E-state index in [-0.39, 0.29) is 11.5 Å². The number of hydrogen-bond acceptors (Lipinski definition) is 4. The number of rotatable bonds is 3. The lowest BCUT2D eigenvalue weighted by Crippen LogP contribution is -2.42. The van der Waals surface area contributed by atoms with Crippen LogP contribution in [0.5, 0.6) is 0 Å². The molecule has 2 aromatic heterocycles. The van der Waals surface area contributed by atoms with Gasteiger partial charge in [0.2, 0.25) is 0 Å². The van der Waals surface area contributed by atoms with Crippen molar-refractivity contribution >= 4 is 22.8 Å². The topological polar surface area (TPSA) is 105 Å². The summed E-state index contributed by atoms with van der Waals surface area (Å²) in [5, 5.41) is 0. The van der Waals surface area contributed by atoms with E-state index < -0.39 is 11.8 Å². The Morgan fingerprint density at radius 1 is 1.04 bits per heavy atom. The van der Waals surface area contributed by atoms with Gasteiger partial charge in [0.1, 0.15) is 11.5 Å². The number of benzene rings is 2. The van der Waals surface area contributed by atoms with Gasteiger partial charge in [-0.05, 0) is 42.5 Å². The summed E-state index contributed by atoms with van der Waals surface area (Å²) >= 11 is 0. The van der Waals surface area contributed by atoms with Gasteiger partial charge in [0.05, 0.1) is 29.9 Å². The van der Waals surface area contributed by atoms with E-state index in [2.05, 4.69) is 25.8 Å². The molecule has 0 unspecified atom stereocenters. The van der Waals surface area contributed by atoms with Gasteiger partial charge in [-0.2, -0.15) is 0 Å². The average molecular weight is 364 g/mol. The van der Waals surface area contributed by atoms with E-state index in [1.165, 1.54) is 47.7 Å². The molecule has 0 atom stereocenters. The summed E-state index contributed by atoms with van der Waals surface area (Å²) in [6.45, 7) is 0. The Kier molecular flexibility index (Phi) is 4.09. The maximum atomic E-state index is 13.1. The fourth-order valence-corrected chi connectivity index (χ4v) is 2.60. The van der Waals surface area contributed by atoms with Crippen LogP contribution in [-0.2, 0) is 0 Å². The minimum atomic E-state index is -0.562. The quantitative estimate of drug-likeness (QED) is 0.483. The predicted molar refractivity (Wildman–Crippen MR) is 94.5 cm³/mol. The summed E-state index contributed by atoms with van der Waals surface area (Å²) < 4.78 is 14.6. The number of imidazole rings is 2.